The number of nitrogens with one attached hydrogen (secondary N) is 1. The number of allylic oxidation sites excluding steroid dienone is 1. The van der Waals surface area contributed by atoms with E-state index in [0.717, 1.165) is 0 Å². The number of primary amides is 1. The molecule has 0 spiro atoms. The summed E-state index contributed by atoms with van der Waals surface area (Å²) in [6.45, 7) is 3.84. The van der Waals surface area contributed by atoms with Gasteiger partial charge in [0.15, 0.2) is 11.5 Å². The van der Waals surface area contributed by atoms with E-state index in [4.69, 9.17) is 15.2 Å². The summed E-state index contributed by atoms with van der Waals surface area (Å²) in [4.78, 5) is 33.1. The fraction of sp³-hybridized carbons (Fsp3) is 0.136. The first kappa shape index (κ1) is 23.6. The van der Waals surface area contributed by atoms with Crippen molar-refractivity contribution in [1.82, 2.24) is 5.32 Å². The van der Waals surface area contributed by atoms with Crippen LogP contribution in [0.3, 0.4) is 0 Å². The summed E-state index contributed by atoms with van der Waals surface area (Å²) in [6.07, 6.45) is 3.32. The van der Waals surface area contributed by atoms with E-state index in [0.29, 0.717) is 34.6 Å². The molecule has 0 aromatic heterocycles. The lowest BCUT2D eigenvalue weighted by atomic mass is 10.0. The van der Waals surface area contributed by atoms with Crippen molar-refractivity contribution in [2.45, 2.75) is 13.0 Å². The third-order valence-corrected chi connectivity index (χ3v) is 4.18. The second kappa shape index (κ2) is 10.9. The monoisotopic (exact) mass is 436 g/mol. The number of non-ortho nitro benzene ring substituents is 1. The van der Waals surface area contributed by atoms with Crippen LogP contribution in [-0.2, 0) is 17.8 Å². The third-order valence-electron chi connectivity index (χ3n) is 4.18. The zero-order valence-electron chi connectivity index (χ0n) is 17.2. The van der Waals surface area contributed by atoms with Crippen molar-refractivity contribution in [1.29, 1.82) is 5.26 Å². The van der Waals surface area contributed by atoms with Gasteiger partial charge in [0.25, 0.3) is 11.6 Å². The molecule has 3 amide bonds. The van der Waals surface area contributed by atoms with Crippen LogP contribution in [0.2, 0.25) is 0 Å². The number of benzene rings is 2. The largest absolute Gasteiger partial charge is 0.493 e. The first-order valence-electron chi connectivity index (χ1n) is 9.19. The van der Waals surface area contributed by atoms with Crippen molar-refractivity contribution in [3.8, 4) is 17.6 Å². The molecule has 0 heterocycles. The fourth-order valence-corrected chi connectivity index (χ4v) is 2.75. The van der Waals surface area contributed by atoms with Crippen LogP contribution in [0.4, 0.5) is 10.5 Å². The molecule has 2 rings (SSSR count). The van der Waals surface area contributed by atoms with Crippen LogP contribution in [0, 0.1) is 21.4 Å². The van der Waals surface area contributed by atoms with Gasteiger partial charge in [-0.3, -0.25) is 20.2 Å². The summed E-state index contributed by atoms with van der Waals surface area (Å²) in [5.41, 5.74) is 6.41. The first-order chi connectivity index (χ1) is 15.3. The number of methoxy groups -OCH3 is 1. The van der Waals surface area contributed by atoms with Crippen LogP contribution in [0.1, 0.15) is 16.7 Å². The highest BCUT2D eigenvalue weighted by atomic mass is 16.6. The summed E-state index contributed by atoms with van der Waals surface area (Å²) in [6, 6.07) is 9.84. The lowest BCUT2D eigenvalue weighted by Gasteiger charge is -2.16. The van der Waals surface area contributed by atoms with Crippen LogP contribution in [0.15, 0.2) is 54.6 Å². The minimum Gasteiger partial charge on any atom is -0.493 e. The molecule has 0 fully saturated rings. The Kier molecular flexibility index (Phi) is 8.07. The molecule has 0 atom stereocenters. The molecule has 0 unspecified atom stereocenters. The van der Waals surface area contributed by atoms with E-state index in [1.54, 1.807) is 36.4 Å². The van der Waals surface area contributed by atoms with E-state index >= 15 is 0 Å². The average Bonchev–Trinajstić information content (AvgIpc) is 2.76. The molecule has 2 aromatic carbocycles. The van der Waals surface area contributed by atoms with E-state index in [1.807, 2.05) is 5.32 Å². The SMILES string of the molecule is C=CCc1cc(/C=C(/C#N)C(=O)NC(N)=O)cc(OC)c1OCc1ccc([N+](=O)[O-])cc1. The molecule has 0 bridgehead atoms. The van der Waals surface area contributed by atoms with Gasteiger partial charge >= 0.3 is 6.03 Å². The number of ether oxygens (including phenoxy) is 2. The number of nitro groups is 1. The lowest BCUT2D eigenvalue weighted by molar-refractivity contribution is -0.384. The number of hydrogen-bond acceptors (Lipinski definition) is 7. The van der Waals surface area contributed by atoms with Crippen molar-refractivity contribution in [2.75, 3.05) is 7.11 Å². The number of nitriles is 1. The molecular formula is C22H20N4O6. The molecule has 2 aromatic rings. The summed E-state index contributed by atoms with van der Waals surface area (Å²) in [7, 11) is 1.43. The normalized spacial score (nSPS) is 10.6. The highest BCUT2D eigenvalue weighted by Crippen LogP contribution is 2.35. The van der Waals surface area contributed by atoms with Crippen LogP contribution in [0.5, 0.6) is 11.5 Å². The van der Waals surface area contributed by atoms with E-state index in [9.17, 15) is 25.0 Å². The number of carbonyl (C=O) groups excluding carboxylic acids is 2. The smallest absolute Gasteiger partial charge is 0.319 e. The van der Waals surface area contributed by atoms with Gasteiger partial charge in [-0.2, -0.15) is 5.26 Å². The molecule has 0 aliphatic rings. The molecule has 0 radical (unpaired) electrons. The molecule has 3 N–H and O–H groups in total. The van der Waals surface area contributed by atoms with E-state index in [1.165, 1.54) is 25.3 Å². The maximum atomic E-state index is 11.9. The zero-order chi connectivity index (χ0) is 23.7. The van der Waals surface area contributed by atoms with Gasteiger partial charge in [0, 0.05) is 17.7 Å². The molecular weight excluding hydrogens is 416 g/mol. The number of hydrogen-bond donors (Lipinski definition) is 2. The quantitative estimate of drug-likeness (QED) is 0.201. The van der Waals surface area contributed by atoms with Gasteiger partial charge in [-0.15, -0.1) is 6.58 Å². The molecule has 0 saturated heterocycles. The summed E-state index contributed by atoms with van der Waals surface area (Å²) in [5, 5.41) is 21.9. The van der Waals surface area contributed by atoms with Crippen molar-refractivity contribution in [3.05, 3.63) is 81.4 Å². The van der Waals surface area contributed by atoms with Gasteiger partial charge in [-0.25, -0.2) is 4.79 Å². The molecule has 0 saturated carbocycles. The Morgan fingerprint density at radius 1 is 1.31 bits per heavy atom. The number of nitro benzene ring substituents is 1. The van der Waals surface area contributed by atoms with Crippen molar-refractivity contribution in [3.63, 3.8) is 0 Å². The minimum atomic E-state index is -1.07. The molecule has 10 nitrogen and oxygen atoms in total. The van der Waals surface area contributed by atoms with Gasteiger partial charge < -0.3 is 15.2 Å². The highest BCUT2D eigenvalue weighted by Gasteiger charge is 2.16. The third kappa shape index (κ3) is 6.17. The number of nitrogens with two attached hydrogens (primary N) is 1. The number of carbonyl (C=O) groups is 2. The second-order valence-corrected chi connectivity index (χ2v) is 6.40. The Morgan fingerprint density at radius 3 is 2.53 bits per heavy atom. The molecule has 32 heavy (non-hydrogen) atoms. The van der Waals surface area contributed by atoms with Crippen molar-refractivity contribution < 1.29 is 24.0 Å². The number of urea groups is 1. The minimum absolute atomic E-state index is 0.0245. The molecule has 10 heteroatoms. The van der Waals surface area contributed by atoms with Gasteiger partial charge in [-0.1, -0.05) is 6.08 Å². The maximum Gasteiger partial charge on any atom is 0.319 e. The zero-order valence-corrected chi connectivity index (χ0v) is 17.2. The van der Waals surface area contributed by atoms with Gasteiger partial charge in [0.2, 0.25) is 0 Å². The first-order valence-corrected chi connectivity index (χ1v) is 9.19. The number of rotatable bonds is 9. The molecule has 0 aliphatic heterocycles. The average molecular weight is 436 g/mol. The Morgan fingerprint density at radius 2 is 2.00 bits per heavy atom. The van der Waals surface area contributed by atoms with Gasteiger partial charge in [0.1, 0.15) is 18.2 Å². The summed E-state index contributed by atoms with van der Waals surface area (Å²) in [5.74, 6) is -0.171. The predicted molar refractivity (Wildman–Crippen MR) is 116 cm³/mol. The van der Waals surface area contributed by atoms with Crippen molar-refractivity contribution >= 4 is 23.7 Å². The summed E-state index contributed by atoms with van der Waals surface area (Å²) < 4.78 is 11.3. The van der Waals surface area contributed by atoms with E-state index in [-0.39, 0.29) is 17.9 Å². The summed E-state index contributed by atoms with van der Waals surface area (Å²) >= 11 is 0. The Bertz CT molecular complexity index is 1120. The van der Waals surface area contributed by atoms with Crippen LogP contribution < -0.4 is 20.5 Å². The van der Waals surface area contributed by atoms with Gasteiger partial charge in [0.05, 0.1) is 12.0 Å². The van der Waals surface area contributed by atoms with Crippen molar-refractivity contribution in [2.24, 2.45) is 5.73 Å². The maximum absolute atomic E-state index is 11.9. The van der Waals surface area contributed by atoms with Crippen LogP contribution >= 0.6 is 0 Å². The Balaban J connectivity index is 2.37. The number of nitrogens with zero attached hydrogens (tertiary/aromatic N) is 2. The highest BCUT2D eigenvalue weighted by molar-refractivity contribution is 6.08. The van der Waals surface area contributed by atoms with Gasteiger partial charge in [-0.05, 0) is 47.9 Å². The lowest BCUT2D eigenvalue weighted by Crippen LogP contribution is -2.35. The standard InChI is InChI=1S/C22H20N4O6/c1-3-4-16-9-15(10-17(12-23)21(27)25-22(24)28)11-19(31-2)20(16)32-13-14-5-7-18(8-6-14)26(29)30/h3,5-11H,1,4,13H2,2H3,(H3,24,25,27,28)/b17-10-. The fourth-order valence-electron chi connectivity index (χ4n) is 2.75. The van der Waals surface area contributed by atoms with E-state index < -0.39 is 16.9 Å². The number of imide groups is 1. The Hall–Kier alpha value is -4.65. The topological polar surface area (TPSA) is 158 Å². The number of amides is 3. The molecule has 0 aliphatic carbocycles. The van der Waals surface area contributed by atoms with Crippen LogP contribution in [-0.4, -0.2) is 24.0 Å². The Labute approximate surface area is 183 Å². The second-order valence-electron chi connectivity index (χ2n) is 6.40. The predicted octanol–water partition coefficient (Wildman–Crippen LogP) is 3.01. The van der Waals surface area contributed by atoms with Crippen LogP contribution in [0.25, 0.3) is 6.08 Å². The van der Waals surface area contributed by atoms with E-state index in [2.05, 4.69) is 6.58 Å². The molecule has 164 valence electrons.